The average Bonchev–Trinajstić information content (AvgIpc) is 2.73. The lowest BCUT2D eigenvalue weighted by molar-refractivity contribution is -0.133. The number of ether oxygens (including phenoxy) is 1. The Morgan fingerprint density at radius 1 is 0.926 bits per heavy atom. The fraction of sp³-hybridized carbons (Fsp3) is 0.435. The molecule has 2 aromatic rings. The standard InChI is InChI=1S/C23H30N2O2/c1-2-9-22(26)25-16-14-24(15-17-25)18-19-27-23(20-10-5-3-6-11-20)21-12-7-4-8-13-21/h3-8,10-13,23H,2,9,14-19H2,1H3. The molecule has 1 amide bonds. The second-order valence-corrected chi connectivity index (χ2v) is 7.04. The van der Waals surface area contributed by atoms with Crippen LogP contribution in [0.2, 0.25) is 0 Å². The maximum absolute atomic E-state index is 12.0. The molecule has 27 heavy (non-hydrogen) atoms. The van der Waals surface area contributed by atoms with E-state index in [0.29, 0.717) is 18.9 Å². The summed E-state index contributed by atoms with van der Waals surface area (Å²) in [5.41, 5.74) is 2.36. The molecule has 3 rings (SSSR count). The molecule has 1 aliphatic rings. The third-order valence-corrected chi connectivity index (χ3v) is 5.09. The number of rotatable bonds is 8. The molecule has 1 heterocycles. The second kappa shape index (κ2) is 10.2. The molecule has 0 spiro atoms. The van der Waals surface area contributed by atoms with Crippen molar-refractivity contribution in [1.29, 1.82) is 0 Å². The van der Waals surface area contributed by atoms with Gasteiger partial charge in [-0.3, -0.25) is 9.69 Å². The molecular formula is C23H30N2O2. The van der Waals surface area contributed by atoms with Crippen LogP contribution in [0.3, 0.4) is 0 Å². The predicted molar refractivity (Wildman–Crippen MR) is 109 cm³/mol. The molecule has 0 aliphatic carbocycles. The molecule has 1 fully saturated rings. The molecule has 4 nitrogen and oxygen atoms in total. The van der Waals surface area contributed by atoms with E-state index in [4.69, 9.17) is 4.74 Å². The van der Waals surface area contributed by atoms with Gasteiger partial charge in [0.2, 0.25) is 5.91 Å². The fourth-order valence-electron chi connectivity index (χ4n) is 3.53. The van der Waals surface area contributed by atoms with Gasteiger partial charge < -0.3 is 9.64 Å². The van der Waals surface area contributed by atoms with Crippen molar-refractivity contribution < 1.29 is 9.53 Å². The maximum atomic E-state index is 12.0. The number of piperazine rings is 1. The van der Waals surface area contributed by atoms with E-state index in [9.17, 15) is 4.79 Å². The van der Waals surface area contributed by atoms with E-state index >= 15 is 0 Å². The number of hydrogen-bond acceptors (Lipinski definition) is 3. The van der Waals surface area contributed by atoms with Crippen molar-refractivity contribution in [3.8, 4) is 0 Å². The van der Waals surface area contributed by atoms with Crippen LogP contribution in [-0.4, -0.2) is 55.0 Å². The summed E-state index contributed by atoms with van der Waals surface area (Å²) in [6.07, 6.45) is 1.55. The fourth-order valence-corrected chi connectivity index (χ4v) is 3.53. The molecule has 1 aliphatic heterocycles. The minimum Gasteiger partial charge on any atom is -0.367 e. The smallest absolute Gasteiger partial charge is 0.222 e. The van der Waals surface area contributed by atoms with Crippen LogP contribution < -0.4 is 0 Å². The molecule has 1 saturated heterocycles. The second-order valence-electron chi connectivity index (χ2n) is 7.04. The normalized spacial score (nSPS) is 15.3. The SMILES string of the molecule is CCCC(=O)N1CCN(CCOC(c2ccccc2)c2ccccc2)CC1. The van der Waals surface area contributed by atoms with Crippen molar-refractivity contribution in [3.05, 3.63) is 71.8 Å². The first kappa shape index (κ1) is 19.6. The topological polar surface area (TPSA) is 32.8 Å². The maximum Gasteiger partial charge on any atom is 0.222 e. The Labute approximate surface area is 162 Å². The Balaban J connectivity index is 1.51. The molecule has 0 N–H and O–H groups in total. The van der Waals surface area contributed by atoms with E-state index < -0.39 is 0 Å². The summed E-state index contributed by atoms with van der Waals surface area (Å²) in [6, 6.07) is 20.8. The highest BCUT2D eigenvalue weighted by molar-refractivity contribution is 5.76. The van der Waals surface area contributed by atoms with Gasteiger partial charge in [0.25, 0.3) is 0 Å². The van der Waals surface area contributed by atoms with Gasteiger partial charge >= 0.3 is 0 Å². The predicted octanol–water partition coefficient (Wildman–Crippen LogP) is 3.74. The van der Waals surface area contributed by atoms with Crippen LogP contribution in [0.1, 0.15) is 37.0 Å². The van der Waals surface area contributed by atoms with Crippen LogP contribution in [0.5, 0.6) is 0 Å². The van der Waals surface area contributed by atoms with Gasteiger partial charge in [-0.05, 0) is 17.5 Å². The summed E-state index contributed by atoms with van der Waals surface area (Å²) in [4.78, 5) is 16.4. The molecular weight excluding hydrogens is 336 g/mol. The molecule has 0 atom stereocenters. The Morgan fingerprint density at radius 3 is 2.00 bits per heavy atom. The summed E-state index contributed by atoms with van der Waals surface area (Å²) in [5.74, 6) is 0.293. The number of carbonyl (C=O) groups is 1. The number of hydrogen-bond donors (Lipinski definition) is 0. The van der Waals surface area contributed by atoms with Gasteiger partial charge in [-0.2, -0.15) is 0 Å². The molecule has 2 aromatic carbocycles. The zero-order chi connectivity index (χ0) is 18.9. The van der Waals surface area contributed by atoms with Gasteiger partial charge in [-0.25, -0.2) is 0 Å². The van der Waals surface area contributed by atoms with Crippen molar-refractivity contribution in [1.82, 2.24) is 9.80 Å². The van der Waals surface area contributed by atoms with Crippen molar-refractivity contribution in [2.75, 3.05) is 39.3 Å². The molecule has 0 saturated carbocycles. The first-order valence-electron chi connectivity index (χ1n) is 9.99. The summed E-state index contributed by atoms with van der Waals surface area (Å²) < 4.78 is 6.31. The van der Waals surface area contributed by atoms with Gasteiger partial charge in [0.1, 0.15) is 6.10 Å². The van der Waals surface area contributed by atoms with E-state index in [1.165, 1.54) is 11.1 Å². The van der Waals surface area contributed by atoms with Crippen LogP contribution in [-0.2, 0) is 9.53 Å². The Morgan fingerprint density at radius 2 is 1.48 bits per heavy atom. The van der Waals surface area contributed by atoms with Crippen LogP contribution in [0.15, 0.2) is 60.7 Å². The van der Waals surface area contributed by atoms with Crippen LogP contribution in [0, 0.1) is 0 Å². The third-order valence-electron chi connectivity index (χ3n) is 5.09. The van der Waals surface area contributed by atoms with Gasteiger partial charge in [0.15, 0.2) is 0 Å². The first-order chi connectivity index (χ1) is 13.3. The highest BCUT2D eigenvalue weighted by Crippen LogP contribution is 2.25. The number of nitrogens with zero attached hydrogens (tertiary/aromatic N) is 2. The van der Waals surface area contributed by atoms with Gasteiger partial charge in [0.05, 0.1) is 6.61 Å². The number of benzene rings is 2. The monoisotopic (exact) mass is 366 g/mol. The molecule has 144 valence electrons. The Bertz CT molecular complexity index is 643. The minimum atomic E-state index is -0.0418. The van der Waals surface area contributed by atoms with Crippen molar-refractivity contribution in [3.63, 3.8) is 0 Å². The number of carbonyl (C=O) groups excluding carboxylic acids is 1. The lowest BCUT2D eigenvalue weighted by Gasteiger charge is -2.35. The zero-order valence-electron chi connectivity index (χ0n) is 16.2. The van der Waals surface area contributed by atoms with E-state index in [-0.39, 0.29) is 6.10 Å². The molecule has 0 bridgehead atoms. The quantitative estimate of drug-likeness (QED) is 0.713. The van der Waals surface area contributed by atoms with Gasteiger partial charge in [-0.1, -0.05) is 67.6 Å². The average molecular weight is 367 g/mol. The third kappa shape index (κ3) is 5.65. The minimum absolute atomic E-state index is 0.0418. The first-order valence-corrected chi connectivity index (χ1v) is 9.99. The highest BCUT2D eigenvalue weighted by Gasteiger charge is 2.21. The molecule has 0 radical (unpaired) electrons. The lowest BCUT2D eigenvalue weighted by Crippen LogP contribution is -2.49. The van der Waals surface area contributed by atoms with Crippen molar-refractivity contribution in [2.45, 2.75) is 25.9 Å². The van der Waals surface area contributed by atoms with Crippen LogP contribution in [0.25, 0.3) is 0 Å². The largest absolute Gasteiger partial charge is 0.367 e. The lowest BCUT2D eigenvalue weighted by atomic mass is 10.0. The molecule has 0 unspecified atom stereocenters. The Hall–Kier alpha value is -2.17. The molecule has 4 heteroatoms. The van der Waals surface area contributed by atoms with E-state index in [2.05, 4.69) is 60.4 Å². The van der Waals surface area contributed by atoms with Crippen molar-refractivity contribution >= 4 is 5.91 Å². The van der Waals surface area contributed by atoms with Gasteiger partial charge in [0, 0.05) is 39.1 Å². The summed E-state index contributed by atoms with van der Waals surface area (Å²) >= 11 is 0. The summed E-state index contributed by atoms with van der Waals surface area (Å²) in [6.45, 7) is 7.16. The van der Waals surface area contributed by atoms with E-state index in [1.807, 2.05) is 17.0 Å². The van der Waals surface area contributed by atoms with E-state index in [0.717, 1.165) is 39.1 Å². The number of amides is 1. The summed E-state index contributed by atoms with van der Waals surface area (Å²) in [7, 11) is 0. The zero-order valence-corrected chi connectivity index (χ0v) is 16.2. The Kier molecular flexibility index (Phi) is 7.43. The van der Waals surface area contributed by atoms with Gasteiger partial charge in [-0.15, -0.1) is 0 Å². The summed E-state index contributed by atoms with van der Waals surface area (Å²) in [5, 5.41) is 0. The van der Waals surface area contributed by atoms with Crippen LogP contribution in [0.4, 0.5) is 0 Å². The molecule has 0 aromatic heterocycles. The van der Waals surface area contributed by atoms with Crippen molar-refractivity contribution in [2.24, 2.45) is 0 Å². The highest BCUT2D eigenvalue weighted by atomic mass is 16.5. The van der Waals surface area contributed by atoms with Crippen LogP contribution >= 0.6 is 0 Å². The van der Waals surface area contributed by atoms with E-state index in [1.54, 1.807) is 0 Å².